The Hall–Kier alpha value is -1.55. The van der Waals surface area contributed by atoms with Gasteiger partial charge in [-0.1, -0.05) is 0 Å². The van der Waals surface area contributed by atoms with Gasteiger partial charge in [0.1, 0.15) is 16.5 Å². The normalized spacial score (nSPS) is 10.0. The molecule has 0 aliphatic rings. The van der Waals surface area contributed by atoms with Gasteiger partial charge in [0.25, 0.3) is 0 Å². The summed E-state index contributed by atoms with van der Waals surface area (Å²) in [5.74, 6) is 1.54. The van der Waals surface area contributed by atoms with Crippen LogP contribution in [0.3, 0.4) is 0 Å². The van der Waals surface area contributed by atoms with Crippen molar-refractivity contribution in [3.05, 3.63) is 29.8 Å². The summed E-state index contributed by atoms with van der Waals surface area (Å²) in [7, 11) is 3.27. The number of ether oxygens (including phenoxy) is 2. The topological polar surface area (TPSA) is 31.4 Å². The second kappa shape index (κ2) is 4.31. The summed E-state index contributed by atoms with van der Waals surface area (Å²) in [5.41, 5.74) is 0.963. The maximum Gasteiger partial charge on any atom is 0.132 e. The van der Waals surface area contributed by atoms with Crippen molar-refractivity contribution in [1.82, 2.24) is 4.98 Å². The highest BCUT2D eigenvalue weighted by atomic mass is 32.1. The van der Waals surface area contributed by atoms with E-state index in [1.165, 1.54) is 11.3 Å². The smallest absolute Gasteiger partial charge is 0.132 e. The van der Waals surface area contributed by atoms with Crippen LogP contribution in [-0.2, 0) is 0 Å². The van der Waals surface area contributed by atoms with Crippen molar-refractivity contribution < 1.29 is 9.47 Å². The molecule has 0 aliphatic carbocycles. The Balaban J connectivity index is 2.48. The quantitative estimate of drug-likeness (QED) is 0.796. The zero-order valence-electron chi connectivity index (χ0n) is 8.48. The van der Waals surface area contributed by atoms with Gasteiger partial charge >= 0.3 is 0 Å². The molecular formula is C11H10NO2S. The summed E-state index contributed by atoms with van der Waals surface area (Å²) in [5, 5.41) is 3.85. The van der Waals surface area contributed by atoms with Crippen LogP contribution in [-0.4, -0.2) is 19.2 Å². The van der Waals surface area contributed by atoms with Crippen molar-refractivity contribution >= 4 is 11.3 Å². The van der Waals surface area contributed by atoms with Crippen LogP contribution in [0.5, 0.6) is 11.5 Å². The Kier molecular flexibility index (Phi) is 2.87. The number of methoxy groups -OCH3 is 2. The number of rotatable bonds is 3. The fourth-order valence-electron chi connectivity index (χ4n) is 1.29. The first-order chi connectivity index (χ1) is 7.35. The first-order valence-electron chi connectivity index (χ1n) is 4.39. The van der Waals surface area contributed by atoms with Crippen molar-refractivity contribution in [3.8, 4) is 22.1 Å². The summed E-state index contributed by atoms with van der Waals surface area (Å²) in [6, 6.07) is 5.67. The number of benzene rings is 1. The van der Waals surface area contributed by atoms with Crippen LogP contribution in [0.15, 0.2) is 24.4 Å². The van der Waals surface area contributed by atoms with Crippen LogP contribution in [0.2, 0.25) is 0 Å². The van der Waals surface area contributed by atoms with Crippen LogP contribution in [0.1, 0.15) is 0 Å². The maximum atomic E-state index is 5.28. The molecule has 0 atom stereocenters. The number of hydrogen-bond donors (Lipinski definition) is 0. The second-order valence-electron chi connectivity index (χ2n) is 2.85. The third-order valence-electron chi connectivity index (χ3n) is 2.03. The summed E-state index contributed by atoms with van der Waals surface area (Å²) >= 11 is 1.46. The Morgan fingerprint density at radius 3 is 2.73 bits per heavy atom. The highest BCUT2D eigenvalue weighted by Crippen LogP contribution is 2.33. The largest absolute Gasteiger partial charge is 0.497 e. The predicted molar refractivity (Wildman–Crippen MR) is 59.5 cm³/mol. The van der Waals surface area contributed by atoms with Gasteiger partial charge in [0, 0.05) is 12.3 Å². The molecule has 0 saturated heterocycles. The van der Waals surface area contributed by atoms with Gasteiger partial charge in [0.15, 0.2) is 0 Å². The van der Waals surface area contributed by atoms with E-state index in [-0.39, 0.29) is 0 Å². The van der Waals surface area contributed by atoms with Crippen LogP contribution in [0, 0.1) is 5.38 Å². The lowest BCUT2D eigenvalue weighted by molar-refractivity contribution is 0.395. The molecule has 0 spiro atoms. The van der Waals surface area contributed by atoms with Gasteiger partial charge in [0.2, 0.25) is 0 Å². The first-order valence-corrected chi connectivity index (χ1v) is 5.21. The molecule has 0 saturated carbocycles. The first kappa shape index (κ1) is 9.98. The van der Waals surface area contributed by atoms with E-state index in [1.807, 2.05) is 18.2 Å². The number of aromatic nitrogens is 1. The van der Waals surface area contributed by atoms with Gasteiger partial charge in [-0.25, -0.2) is 4.98 Å². The van der Waals surface area contributed by atoms with Crippen molar-refractivity contribution in [3.63, 3.8) is 0 Å². The van der Waals surface area contributed by atoms with E-state index < -0.39 is 0 Å². The zero-order chi connectivity index (χ0) is 10.7. The molecule has 0 unspecified atom stereocenters. The maximum absolute atomic E-state index is 5.28. The molecule has 2 aromatic rings. The van der Waals surface area contributed by atoms with E-state index in [9.17, 15) is 0 Å². The zero-order valence-corrected chi connectivity index (χ0v) is 9.30. The second-order valence-corrected chi connectivity index (χ2v) is 3.68. The highest BCUT2D eigenvalue weighted by molar-refractivity contribution is 7.12. The average molecular weight is 220 g/mol. The van der Waals surface area contributed by atoms with Gasteiger partial charge in [-0.2, -0.15) is 0 Å². The van der Waals surface area contributed by atoms with Crippen LogP contribution < -0.4 is 9.47 Å². The number of nitrogens with zero attached hydrogens (tertiary/aromatic N) is 1. The highest BCUT2D eigenvalue weighted by Gasteiger charge is 2.09. The molecule has 0 amide bonds. The molecule has 4 heteroatoms. The summed E-state index contributed by atoms with van der Waals surface area (Å²) in [4.78, 5) is 4.19. The molecule has 2 rings (SSSR count). The molecule has 1 radical (unpaired) electrons. The molecule has 0 aliphatic heterocycles. The molecule has 77 valence electrons. The molecular weight excluding hydrogens is 210 g/mol. The van der Waals surface area contributed by atoms with Crippen molar-refractivity contribution in [2.75, 3.05) is 14.2 Å². The van der Waals surface area contributed by atoms with Gasteiger partial charge in [-0.3, -0.25) is 0 Å². The van der Waals surface area contributed by atoms with Crippen molar-refractivity contribution in [1.29, 1.82) is 0 Å². The third kappa shape index (κ3) is 1.94. The SMILES string of the molecule is COc1ccc(-c2nc[c]s2)c(OC)c1. The van der Waals surface area contributed by atoms with Crippen molar-refractivity contribution in [2.45, 2.75) is 0 Å². The molecule has 15 heavy (non-hydrogen) atoms. The number of thiazole rings is 1. The molecule has 0 N–H and O–H groups in total. The van der Waals surface area contributed by atoms with Crippen LogP contribution >= 0.6 is 11.3 Å². The minimum Gasteiger partial charge on any atom is -0.497 e. The average Bonchev–Trinajstić information content (AvgIpc) is 2.81. The Morgan fingerprint density at radius 2 is 2.13 bits per heavy atom. The molecule has 0 bridgehead atoms. The Bertz CT molecular complexity index is 440. The minimum absolute atomic E-state index is 0.762. The van der Waals surface area contributed by atoms with Crippen molar-refractivity contribution in [2.24, 2.45) is 0 Å². The van der Waals surface area contributed by atoms with Gasteiger partial charge in [-0.05, 0) is 12.1 Å². The number of hydrogen-bond acceptors (Lipinski definition) is 4. The van der Waals surface area contributed by atoms with E-state index in [0.29, 0.717) is 0 Å². The standard InChI is InChI=1S/C11H10NO2S/c1-13-8-3-4-9(10(7-8)14-2)11-12-5-6-15-11/h3-5,7H,1-2H3. The fraction of sp³-hybridized carbons (Fsp3) is 0.182. The molecule has 3 nitrogen and oxygen atoms in total. The van der Waals surface area contributed by atoms with Crippen LogP contribution in [0.25, 0.3) is 10.6 Å². The van der Waals surface area contributed by atoms with E-state index in [1.54, 1.807) is 20.4 Å². The van der Waals surface area contributed by atoms with Crippen LogP contribution in [0.4, 0.5) is 0 Å². The van der Waals surface area contributed by atoms with E-state index >= 15 is 0 Å². The molecule has 1 aromatic carbocycles. The van der Waals surface area contributed by atoms with E-state index in [2.05, 4.69) is 10.4 Å². The molecule has 1 aromatic heterocycles. The van der Waals surface area contributed by atoms with Gasteiger partial charge in [0.05, 0.1) is 25.2 Å². The Labute approximate surface area is 92.3 Å². The lowest BCUT2D eigenvalue weighted by Gasteiger charge is -2.07. The van der Waals surface area contributed by atoms with Gasteiger partial charge < -0.3 is 9.47 Å². The fourth-order valence-corrected chi connectivity index (χ4v) is 1.89. The van der Waals surface area contributed by atoms with Gasteiger partial charge in [-0.15, -0.1) is 11.3 Å². The molecule has 0 fully saturated rings. The monoisotopic (exact) mass is 220 g/mol. The van der Waals surface area contributed by atoms with E-state index in [0.717, 1.165) is 22.1 Å². The lowest BCUT2D eigenvalue weighted by atomic mass is 10.2. The predicted octanol–water partition coefficient (Wildman–Crippen LogP) is 2.63. The Morgan fingerprint density at radius 1 is 1.27 bits per heavy atom. The summed E-state index contributed by atoms with van der Waals surface area (Å²) in [6.07, 6.45) is 1.66. The minimum atomic E-state index is 0.762. The third-order valence-corrected chi connectivity index (χ3v) is 2.77. The molecule has 1 heterocycles. The summed E-state index contributed by atoms with van der Waals surface area (Å²) in [6.45, 7) is 0. The lowest BCUT2D eigenvalue weighted by Crippen LogP contribution is -1.89. The van der Waals surface area contributed by atoms with E-state index in [4.69, 9.17) is 9.47 Å². The summed E-state index contributed by atoms with van der Waals surface area (Å²) < 4.78 is 10.4.